The van der Waals surface area contributed by atoms with Gasteiger partial charge >= 0.3 is 0 Å². The zero-order chi connectivity index (χ0) is 12.5. The summed E-state index contributed by atoms with van der Waals surface area (Å²) < 4.78 is 26.8. The van der Waals surface area contributed by atoms with Gasteiger partial charge in [-0.2, -0.15) is 4.31 Å². The third kappa shape index (κ3) is 3.01. The summed E-state index contributed by atoms with van der Waals surface area (Å²) >= 11 is 0. The molecule has 4 nitrogen and oxygen atoms in total. The highest BCUT2D eigenvalue weighted by Crippen LogP contribution is 2.27. The summed E-state index contributed by atoms with van der Waals surface area (Å²) in [4.78, 5) is 0. The quantitative estimate of drug-likeness (QED) is 0.815. The topological polar surface area (TPSA) is 49.4 Å². The molecule has 1 saturated carbocycles. The monoisotopic (exact) mass is 260 g/mol. The Hall–Kier alpha value is -0.130. The minimum atomic E-state index is -3.06. The van der Waals surface area contributed by atoms with Crippen LogP contribution in [-0.2, 0) is 10.0 Å². The second-order valence-electron chi connectivity index (χ2n) is 5.95. The molecule has 5 heteroatoms. The lowest BCUT2D eigenvalue weighted by Crippen LogP contribution is -2.59. The van der Waals surface area contributed by atoms with Crippen LogP contribution < -0.4 is 5.32 Å². The van der Waals surface area contributed by atoms with Crippen LogP contribution in [0.1, 0.15) is 46.0 Å². The molecule has 1 aliphatic heterocycles. The molecule has 0 aromatic heterocycles. The van der Waals surface area contributed by atoms with Crippen molar-refractivity contribution < 1.29 is 8.42 Å². The smallest absolute Gasteiger partial charge is 0.217 e. The lowest BCUT2D eigenvalue weighted by molar-refractivity contribution is 0.230. The van der Waals surface area contributed by atoms with Crippen molar-refractivity contribution in [1.29, 1.82) is 0 Å². The standard InChI is InChI=1S/C12H24N2O2S/c1-12(2)10-14(9-8-13-12)17(15,16)11-6-4-3-5-7-11/h11,13H,3-10H2,1-2H3. The zero-order valence-electron chi connectivity index (χ0n) is 10.9. The Balaban J connectivity index is 2.09. The van der Waals surface area contributed by atoms with Gasteiger partial charge in [0.05, 0.1) is 5.25 Å². The number of rotatable bonds is 2. The van der Waals surface area contributed by atoms with E-state index < -0.39 is 10.0 Å². The van der Waals surface area contributed by atoms with Crippen molar-refractivity contribution in [2.45, 2.75) is 56.7 Å². The van der Waals surface area contributed by atoms with Crippen molar-refractivity contribution >= 4 is 10.0 Å². The molecular weight excluding hydrogens is 236 g/mol. The van der Waals surface area contributed by atoms with E-state index in [1.165, 1.54) is 6.42 Å². The van der Waals surface area contributed by atoms with Crippen molar-refractivity contribution in [1.82, 2.24) is 9.62 Å². The molecule has 0 aromatic rings. The molecular formula is C12H24N2O2S. The number of nitrogens with one attached hydrogen (secondary N) is 1. The maximum atomic E-state index is 12.5. The number of sulfonamides is 1. The van der Waals surface area contributed by atoms with Gasteiger partial charge in [-0.3, -0.25) is 0 Å². The van der Waals surface area contributed by atoms with Gasteiger partial charge in [0, 0.05) is 25.2 Å². The minimum absolute atomic E-state index is 0.0972. The molecule has 0 unspecified atom stereocenters. The van der Waals surface area contributed by atoms with Crippen LogP contribution in [0.15, 0.2) is 0 Å². The summed E-state index contributed by atoms with van der Waals surface area (Å²) in [7, 11) is -3.06. The maximum absolute atomic E-state index is 12.5. The normalized spacial score (nSPS) is 28.1. The number of hydrogen-bond acceptors (Lipinski definition) is 3. The molecule has 100 valence electrons. The molecule has 2 fully saturated rings. The predicted octanol–water partition coefficient (Wildman–Crippen LogP) is 1.33. The molecule has 0 radical (unpaired) electrons. The molecule has 0 spiro atoms. The van der Waals surface area contributed by atoms with Gasteiger partial charge in [-0.1, -0.05) is 19.3 Å². The van der Waals surface area contributed by atoms with Crippen LogP contribution in [0.25, 0.3) is 0 Å². The molecule has 0 amide bonds. The van der Waals surface area contributed by atoms with Gasteiger partial charge in [-0.15, -0.1) is 0 Å². The number of nitrogens with zero attached hydrogens (tertiary/aromatic N) is 1. The highest BCUT2D eigenvalue weighted by molar-refractivity contribution is 7.89. The summed E-state index contributed by atoms with van der Waals surface area (Å²) in [6.45, 7) is 6.12. The lowest BCUT2D eigenvalue weighted by atomic mass is 10.0. The molecule has 0 aromatic carbocycles. The van der Waals surface area contributed by atoms with Crippen LogP contribution in [0.3, 0.4) is 0 Å². The fourth-order valence-corrected chi connectivity index (χ4v) is 5.09. The highest BCUT2D eigenvalue weighted by Gasteiger charge is 2.37. The lowest BCUT2D eigenvalue weighted by Gasteiger charge is -2.40. The average Bonchev–Trinajstić information content (AvgIpc) is 2.29. The second-order valence-corrected chi connectivity index (χ2v) is 8.16. The number of piperazine rings is 1. The first-order valence-electron chi connectivity index (χ1n) is 6.66. The van der Waals surface area contributed by atoms with E-state index in [4.69, 9.17) is 0 Å². The Morgan fingerprint density at radius 2 is 1.82 bits per heavy atom. The molecule has 1 saturated heterocycles. The van der Waals surface area contributed by atoms with Crippen LogP contribution in [0.4, 0.5) is 0 Å². The first-order valence-corrected chi connectivity index (χ1v) is 8.16. The Bertz CT molecular complexity index is 359. The van der Waals surface area contributed by atoms with Gasteiger partial charge in [0.25, 0.3) is 0 Å². The maximum Gasteiger partial charge on any atom is 0.217 e. The van der Waals surface area contributed by atoms with Gasteiger partial charge in [-0.25, -0.2) is 8.42 Å². The van der Waals surface area contributed by atoms with E-state index in [0.717, 1.165) is 32.2 Å². The third-order valence-electron chi connectivity index (χ3n) is 3.87. The van der Waals surface area contributed by atoms with Crippen molar-refractivity contribution in [3.8, 4) is 0 Å². The molecule has 17 heavy (non-hydrogen) atoms. The summed E-state index contributed by atoms with van der Waals surface area (Å²) in [5, 5.41) is 3.24. The van der Waals surface area contributed by atoms with Crippen LogP contribution in [0.5, 0.6) is 0 Å². The first-order chi connectivity index (χ1) is 7.92. The predicted molar refractivity (Wildman–Crippen MR) is 69.4 cm³/mol. The van der Waals surface area contributed by atoms with Crippen LogP contribution >= 0.6 is 0 Å². The Morgan fingerprint density at radius 3 is 2.41 bits per heavy atom. The van der Waals surface area contributed by atoms with E-state index in [0.29, 0.717) is 13.1 Å². The van der Waals surface area contributed by atoms with Crippen LogP contribution in [0.2, 0.25) is 0 Å². The Kier molecular flexibility index (Phi) is 3.80. The fraction of sp³-hybridized carbons (Fsp3) is 1.00. The summed E-state index contributed by atoms with van der Waals surface area (Å²) in [6, 6.07) is 0. The van der Waals surface area contributed by atoms with E-state index in [9.17, 15) is 8.42 Å². The number of hydrogen-bond donors (Lipinski definition) is 1. The van der Waals surface area contributed by atoms with E-state index in [1.54, 1.807) is 4.31 Å². The minimum Gasteiger partial charge on any atom is -0.309 e. The fourth-order valence-electron chi connectivity index (χ4n) is 2.89. The van der Waals surface area contributed by atoms with Crippen molar-refractivity contribution in [2.75, 3.05) is 19.6 Å². The first kappa shape index (κ1) is 13.3. The van der Waals surface area contributed by atoms with E-state index >= 15 is 0 Å². The Morgan fingerprint density at radius 1 is 1.18 bits per heavy atom. The Labute approximate surface area is 105 Å². The van der Waals surface area contributed by atoms with E-state index in [2.05, 4.69) is 19.2 Å². The van der Waals surface area contributed by atoms with Gasteiger partial charge in [0.1, 0.15) is 0 Å². The largest absolute Gasteiger partial charge is 0.309 e. The molecule has 2 aliphatic rings. The molecule has 1 aliphatic carbocycles. The van der Waals surface area contributed by atoms with Crippen molar-refractivity contribution in [2.24, 2.45) is 0 Å². The second kappa shape index (κ2) is 4.86. The highest BCUT2D eigenvalue weighted by atomic mass is 32.2. The van der Waals surface area contributed by atoms with Gasteiger partial charge in [0.2, 0.25) is 10.0 Å². The summed E-state index contributed by atoms with van der Waals surface area (Å²) in [5.74, 6) is 0. The third-order valence-corrected chi connectivity index (χ3v) is 6.22. The molecule has 1 heterocycles. The summed E-state index contributed by atoms with van der Waals surface area (Å²) in [5.41, 5.74) is -0.0972. The van der Waals surface area contributed by atoms with E-state index in [1.807, 2.05) is 0 Å². The molecule has 0 atom stereocenters. The van der Waals surface area contributed by atoms with Gasteiger partial charge in [-0.05, 0) is 26.7 Å². The summed E-state index contributed by atoms with van der Waals surface area (Å²) in [6.07, 6.45) is 5.04. The SMILES string of the molecule is CC1(C)CN(S(=O)(=O)C2CCCCC2)CCN1. The van der Waals surface area contributed by atoms with Crippen LogP contribution in [0, 0.1) is 0 Å². The van der Waals surface area contributed by atoms with Gasteiger partial charge < -0.3 is 5.32 Å². The average molecular weight is 260 g/mol. The van der Waals surface area contributed by atoms with Crippen molar-refractivity contribution in [3.63, 3.8) is 0 Å². The van der Waals surface area contributed by atoms with Crippen molar-refractivity contribution in [3.05, 3.63) is 0 Å². The van der Waals surface area contributed by atoms with Gasteiger partial charge in [0.15, 0.2) is 0 Å². The molecule has 2 rings (SSSR count). The zero-order valence-corrected chi connectivity index (χ0v) is 11.7. The van der Waals surface area contributed by atoms with Crippen LogP contribution in [-0.4, -0.2) is 43.1 Å². The molecule has 1 N–H and O–H groups in total. The van der Waals surface area contributed by atoms with E-state index in [-0.39, 0.29) is 10.8 Å². The molecule has 0 bridgehead atoms.